The number of guanidine groups is 1. The molecule has 0 unspecified atom stereocenters. The van der Waals surface area contributed by atoms with Crippen molar-refractivity contribution in [1.29, 1.82) is 0 Å². The molecule has 13 heteroatoms. The Labute approximate surface area is 348 Å². The first-order valence-corrected chi connectivity index (χ1v) is 19.9. The minimum atomic E-state index is -1.20. The van der Waals surface area contributed by atoms with E-state index in [2.05, 4.69) is 26.3 Å². The van der Waals surface area contributed by atoms with Gasteiger partial charge in [-0.25, -0.2) is 0 Å². The standard InChI is InChI=1S/C47H50N8O5/c1-29(56)52-41(27-31-17-20-34-10-3-6-13-37(34)24-31)45(59)53-39(15-8-22-51-47(49)50)44(58)55-42(28-32-18-21-35-11-4-7-14-38(35)25-32)46(60)54-40(43(48)57)26-30-16-19-33-9-2-5-12-36(33)23-30/h2-7,9-14,16-21,23-25,39-42H,8,15,22,26-28H2,1H3,(H2,48,57)(H,52,56)(H,53,59)(H,54,60)(H,55,58)(H4,49,50,51)/t39-,40+,41+,42+/m0/s1. The molecule has 0 spiro atoms. The highest BCUT2D eigenvalue weighted by Crippen LogP contribution is 2.20. The molecular formula is C47H50N8O5. The van der Waals surface area contributed by atoms with E-state index >= 15 is 0 Å². The van der Waals surface area contributed by atoms with Gasteiger partial charge in [0.1, 0.15) is 24.2 Å². The average molecular weight is 807 g/mol. The van der Waals surface area contributed by atoms with Crippen molar-refractivity contribution in [2.75, 3.05) is 6.54 Å². The molecule has 10 N–H and O–H groups in total. The minimum Gasteiger partial charge on any atom is -0.370 e. The second kappa shape index (κ2) is 19.9. The van der Waals surface area contributed by atoms with Crippen molar-refractivity contribution >= 4 is 67.8 Å². The van der Waals surface area contributed by atoms with Crippen molar-refractivity contribution in [2.45, 2.75) is 63.2 Å². The number of nitrogens with zero attached hydrogens (tertiary/aromatic N) is 1. The largest absolute Gasteiger partial charge is 0.370 e. The van der Waals surface area contributed by atoms with Crippen LogP contribution in [0, 0.1) is 0 Å². The summed E-state index contributed by atoms with van der Waals surface area (Å²) in [6.45, 7) is 1.49. The van der Waals surface area contributed by atoms with Crippen LogP contribution in [0.25, 0.3) is 32.3 Å². The molecule has 60 heavy (non-hydrogen) atoms. The number of nitrogens with one attached hydrogen (secondary N) is 4. The topological polar surface area (TPSA) is 224 Å². The number of hydrogen-bond acceptors (Lipinski definition) is 6. The number of nitrogens with two attached hydrogens (primary N) is 3. The number of carbonyl (C=O) groups excluding carboxylic acids is 5. The number of carbonyl (C=O) groups is 5. The van der Waals surface area contributed by atoms with Crippen LogP contribution in [0.4, 0.5) is 0 Å². The summed E-state index contributed by atoms with van der Waals surface area (Å²) < 4.78 is 0. The molecule has 4 atom stereocenters. The summed E-state index contributed by atoms with van der Waals surface area (Å²) in [6.07, 6.45) is 0.705. The summed E-state index contributed by atoms with van der Waals surface area (Å²) in [5, 5.41) is 17.1. The van der Waals surface area contributed by atoms with E-state index in [1.807, 2.05) is 127 Å². The highest BCUT2D eigenvalue weighted by molar-refractivity contribution is 5.96. The summed E-state index contributed by atoms with van der Waals surface area (Å²) >= 11 is 0. The Hall–Kier alpha value is -7.28. The molecule has 0 heterocycles. The van der Waals surface area contributed by atoms with Crippen LogP contribution in [0.2, 0.25) is 0 Å². The van der Waals surface area contributed by atoms with Crippen LogP contribution < -0.4 is 38.5 Å². The number of fused-ring (bicyclic) bond motifs is 3. The third-order valence-corrected chi connectivity index (χ3v) is 10.3. The molecule has 0 saturated carbocycles. The van der Waals surface area contributed by atoms with Gasteiger partial charge >= 0.3 is 0 Å². The van der Waals surface area contributed by atoms with Crippen LogP contribution in [0.1, 0.15) is 36.5 Å². The molecule has 0 aliphatic heterocycles. The Morgan fingerprint density at radius 2 is 0.850 bits per heavy atom. The normalized spacial score (nSPS) is 13.1. The van der Waals surface area contributed by atoms with Crippen molar-refractivity contribution in [3.05, 3.63) is 144 Å². The lowest BCUT2D eigenvalue weighted by Crippen LogP contribution is -2.59. The molecule has 0 aromatic heterocycles. The number of benzene rings is 6. The summed E-state index contributed by atoms with van der Waals surface area (Å²) in [7, 11) is 0. The van der Waals surface area contributed by atoms with Crippen LogP contribution >= 0.6 is 0 Å². The van der Waals surface area contributed by atoms with Gasteiger partial charge < -0.3 is 38.5 Å². The predicted octanol–water partition coefficient (Wildman–Crippen LogP) is 3.67. The van der Waals surface area contributed by atoms with E-state index in [1.54, 1.807) is 0 Å². The summed E-state index contributed by atoms with van der Waals surface area (Å²) in [5.41, 5.74) is 19.3. The molecule has 0 fully saturated rings. The molecular weight excluding hydrogens is 757 g/mol. The number of primary amides is 1. The van der Waals surface area contributed by atoms with Gasteiger partial charge in [0.2, 0.25) is 29.5 Å². The van der Waals surface area contributed by atoms with Crippen LogP contribution in [-0.2, 0) is 43.2 Å². The zero-order valence-electron chi connectivity index (χ0n) is 33.4. The van der Waals surface area contributed by atoms with Crippen LogP contribution in [-0.4, -0.2) is 66.2 Å². The zero-order valence-corrected chi connectivity index (χ0v) is 33.4. The first-order valence-electron chi connectivity index (χ1n) is 19.9. The molecule has 0 bridgehead atoms. The van der Waals surface area contributed by atoms with E-state index in [-0.39, 0.29) is 38.2 Å². The third-order valence-electron chi connectivity index (χ3n) is 10.3. The maximum atomic E-state index is 14.3. The fourth-order valence-electron chi connectivity index (χ4n) is 7.28. The quantitative estimate of drug-likeness (QED) is 0.0388. The first kappa shape index (κ1) is 42.3. The molecule has 308 valence electrons. The Morgan fingerprint density at radius 1 is 0.483 bits per heavy atom. The molecule has 0 aliphatic rings. The van der Waals surface area contributed by atoms with Crippen molar-refractivity contribution in [2.24, 2.45) is 22.2 Å². The predicted molar refractivity (Wildman–Crippen MR) is 235 cm³/mol. The second-order valence-electron chi connectivity index (χ2n) is 14.9. The molecule has 0 saturated heterocycles. The number of rotatable bonds is 18. The first-order chi connectivity index (χ1) is 28.9. The fraction of sp³-hybridized carbons (Fsp3) is 0.234. The van der Waals surface area contributed by atoms with E-state index in [1.165, 1.54) is 6.92 Å². The summed E-state index contributed by atoms with van der Waals surface area (Å²) in [4.78, 5) is 71.8. The molecule has 0 radical (unpaired) electrons. The Kier molecular flexibility index (Phi) is 14.1. The van der Waals surface area contributed by atoms with Gasteiger partial charge in [-0.05, 0) is 61.8 Å². The maximum absolute atomic E-state index is 14.3. The third kappa shape index (κ3) is 11.7. The second-order valence-corrected chi connectivity index (χ2v) is 14.9. The summed E-state index contributed by atoms with van der Waals surface area (Å²) in [5.74, 6) is -3.19. The van der Waals surface area contributed by atoms with Crippen molar-refractivity contribution in [3.63, 3.8) is 0 Å². The van der Waals surface area contributed by atoms with E-state index < -0.39 is 53.7 Å². The van der Waals surface area contributed by atoms with E-state index in [0.717, 1.165) is 49.0 Å². The van der Waals surface area contributed by atoms with Gasteiger partial charge in [-0.2, -0.15) is 0 Å². The highest BCUT2D eigenvalue weighted by atomic mass is 16.2. The lowest BCUT2D eigenvalue weighted by Gasteiger charge is -2.26. The molecule has 6 aromatic carbocycles. The van der Waals surface area contributed by atoms with E-state index in [4.69, 9.17) is 17.2 Å². The van der Waals surface area contributed by atoms with E-state index in [0.29, 0.717) is 6.42 Å². The Morgan fingerprint density at radius 3 is 1.27 bits per heavy atom. The van der Waals surface area contributed by atoms with Crippen LogP contribution in [0.15, 0.2) is 132 Å². The molecule has 5 amide bonds. The molecule has 13 nitrogen and oxygen atoms in total. The van der Waals surface area contributed by atoms with Gasteiger partial charge in [0.25, 0.3) is 0 Å². The Balaban J connectivity index is 1.25. The van der Waals surface area contributed by atoms with Gasteiger partial charge in [-0.1, -0.05) is 127 Å². The van der Waals surface area contributed by atoms with Gasteiger partial charge in [0.15, 0.2) is 5.96 Å². The molecule has 0 aliphatic carbocycles. The van der Waals surface area contributed by atoms with Crippen molar-refractivity contribution in [3.8, 4) is 0 Å². The lowest BCUT2D eigenvalue weighted by molar-refractivity contribution is -0.134. The lowest BCUT2D eigenvalue weighted by atomic mass is 9.98. The smallest absolute Gasteiger partial charge is 0.243 e. The van der Waals surface area contributed by atoms with Crippen LogP contribution in [0.5, 0.6) is 0 Å². The van der Waals surface area contributed by atoms with Gasteiger partial charge in [0, 0.05) is 32.7 Å². The van der Waals surface area contributed by atoms with Crippen molar-refractivity contribution < 1.29 is 24.0 Å². The fourth-order valence-corrected chi connectivity index (χ4v) is 7.28. The van der Waals surface area contributed by atoms with Gasteiger partial charge in [0.05, 0.1) is 0 Å². The van der Waals surface area contributed by atoms with Gasteiger partial charge in [-0.15, -0.1) is 0 Å². The Bertz CT molecular complexity index is 2550. The van der Waals surface area contributed by atoms with E-state index in [9.17, 15) is 24.0 Å². The number of amides is 5. The number of aliphatic imine (C=N–C) groups is 1. The monoisotopic (exact) mass is 806 g/mol. The molecule has 6 aromatic rings. The van der Waals surface area contributed by atoms with Crippen molar-refractivity contribution in [1.82, 2.24) is 21.3 Å². The van der Waals surface area contributed by atoms with Crippen LogP contribution in [0.3, 0.4) is 0 Å². The number of hydrogen-bond donors (Lipinski definition) is 7. The average Bonchev–Trinajstić information content (AvgIpc) is 3.23. The maximum Gasteiger partial charge on any atom is 0.243 e. The van der Waals surface area contributed by atoms with Gasteiger partial charge in [-0.3, -0.25) is 29.0 Å². The zero-order chi connectivity index (χ0) is 42.6. The molecule has 6 rings (SSSR count). The summed E-state index contributed by atoms with van der Waals surface area (Å²) in [6, 6.07) is 36.1. The highest BCUT2D eigenvalue weighted by Gasteiger charge is 2.31. The SMILES string of the molecule is CC(=O)N[C@H](Cc1ccc2ccccc2c1)C(=O)N[C@@H](CCCN=C(N)N)C(=O)N[C@H](Cc1ccc2ccccc2c1)C(=O)N[C@H](Cc1ccc2ccccc2c1)C(N)=O. The minimum absolute atomic E-state index is 0.0506.